The fraction of sp³-hybridized carbons (Fsp3) is 0. The molecule has 0 aliphatic heterocycles. The summed E-state index contributed by atoms with van der Waals surface area (Å²) >= 11 is 0. The minimum atomic E-state index is -3.93. The lowest BCUT2D eigenvalue weighted by atomic mass is 10.2. The van der Waals surface area contributed by atoms with Gasteiger partial charge in [-0.15, -0.1) is 0 Å². The van der Waals surface area contributed by atoms with Crippen LogP contribution in [-0.2, 0) is 10.0 Å². The lowest BCUT2D eigenvalue weighted by Crippen LogP contribution is -2.15. The van der Waals surface area contributed by atoms with E-state index >= 15 is 0 Å². The average molecular weight is 388 g/mol. The molecule has 3 rings (SSSR count). The predicted molar refractivity (Wildman–Crippen MR) is 98.0 cm³/mol. The number of halogens is 2. The maximum Gasteiger partial charge on any atom is 0.261 e. The van der Waals surface area contributed by atoms with Crippen molar-refractivity contribution in [1.29, 1.82) is 0 Å². The normalized spacial score (nSPS) is 11.0. The summed E-state index contributed by atoms with van der Waals surface area (Å²) in [7, 11) is -3.93. The van der Waals surface area contributed by atoms with Gasteiger partial charge in [0.05, 0.1) is 10.6 Å². The van der Waals surface area contributed by atoms with Crippen LogP contribution in [0.5, 0.6) is 0 Å². The molecular formula is C19H14F2N2O3S. The van der Waals surface area contributed by atoms with Crippen molar-refractivity contribution in [2.45, 2.75) is 4.90 Å². The van der Waals surface area contributed by atoms with Crippen LogP contribution in [0.1, 0.15) is 10.4 Å². The second kappa shape index (κ2) is 7.55. The highest BCUT2D eigenvalue weighted by Gasteiger charge is 2.15. The van der Waals surface area contributed by atoms with E-state index in [0.717, 1.165) is 6.07 Å². The lowest BCUT2D eigenvalue weighted by Gasteiger charge is -2.09. The van der Waals surface area contributed by atoms with Gasteiger partial charge in [0.1, 0.15) is 11.6 Å². The van der Waals surface area contributed by atoms with Gasteiger partial charge in [-0.25, -0.2) is 17.2 Å². The number of nitrogens with one attached hydrogen (secondary N) is 2. The van der Waals surface area contributed by atoms with Gasteiger partial charge in [0.25, 0.3) is 15.9 Å². The van der Waals surface area contributed by atoms with E-state index in [1.807, 2.05) is 0 Å². The van der Waals surface area contributed by atoms with Crippen LogP contribution in [0.15, 0.2) is 77.7 Å². The third kappa shape index (κ3) is 4.68. The third-order valence-electron chi connectivity index (χ3n) is 3.61. The summed E-state index contributed by atoms with van der Waals surface area (Å²) in [6, 6.07) is 15.5. The van der Waals surface area contributed by atoms with Crippen LogP contribution in [0.4, 0.5) is 20.2 Å². The number of anilines is 2. The first-order valence-electron chi connectivity index (χ1n) is 7.79. The van der Waals surface area contributed by atoms with Gasteiger partial charge in [-0.2, -0.15) is 0 Å². The van der Waals surface area contributed by atoms with Gasteiger partial charge in [-0.3, -0.25) is 9.52 Å². The topological polar surface area (TPSA) is 75.3 Å². The Labute approximate surface area is 154 Å². The minimum Gasteiger partial charge on any atom is -0.322 e. The first-order valence-corrected chi connectivity index (χ1v) is 9.27. The van der Waals surface area contributed by atoms with Crippen LogP contribution < -0.4 is 10.0 Å². The molecule has 5 nitrogen and oxygen atoms in total. The van der Waals surface area contributed by atoms with Crippen molar-refractivity contribution in [2.75, 3.05) is 10.0 Å². The predicted octanol–water partition coefficient (Wildman–Crippen LogP) is 4.02. The number of carbonyl (C=O) groups is 1. The summed E-state index contributed by atoms with van der Waals surface area (Å²) in [5.74, 6) is -1.46. The van der Waals surface area contributed by atoms with Gasteiger partial charge in [0, 0.05) is 11.3 Å². The Kier molecular flexibility index (Phi) is 5.18. The maximum atomic E-state index is 13.2. The molecule has 3 aromatic carbocycles. The Morgan fingerprint density at radius 2 is 1.44 bits per heavy atom. The minimum absolute atomic E-state index is 0.0786. The van der Waals surface area contributed by atoms with Gasteiger partial charge < -0.3 is 5.32 Å². The molecule has 138 valence electrons. The Morgan fingerprint density at radius 3 is 2.07 bits per heavy atom. The molecule has 0 fully saturated rings. The smallest absolute Gasteiger partial charge is 0.261 e. The van der Waals surface area contributed by atoms with E-state index in [4.69, 9.17) is 0 Å². The summed E-state index contributed by atoms with van der Waals surface area (Å²) in [5, 5.41) is 2.58. The highest BCUT2D eigenvalue weighted by molar-refractivity contribution is 7.92. The van der Waals surface area contributed by atoms with Crippen LogP contribution >= 0.6 is 0 Å². The van der Waals surface area contributed by atoms with Gasteiger partial charge in [0.2, 0.25) is 0 Å². The number of hydrogen-bond donors (Lipinski definition) is 2. The van der Waals surface area contributed by atoms with Gasteiger partial charge in [-0.05, 0) is 66.7 Å². The van der Waals surface area contributed by atoms with Crippen LogP contribution in [0.2, 0.25) is 0 Å². The molecule has 2 N–H and O–H groups in total. The number of benzene rings is 3. The number of hydrogen-bond acceptors (Lipinski definition) is 3. The molecule has 0 saturated heterocycles. The Morgan fingerprint density at radius 1 is 0.778 bits per heavy atom. The van der Waals surface area contributed by atoms with Crippen LogP contribution in [0.25, 0.3) is 0 Å². The molecule has 27 heavy (non-hydrogen) atoms. The molecule has 0 aromatic heterocycles. The highest BCUT2D eigenvalue weighted by Crippen LogP contribution is 2.18. The second-order valence-electron chi connectivity index (χ2n) is 5.60. The molecule has 1 amide bonds. The molecule has 0 unspecified atom stereocenters. The van der Waals surface area contributed by atoms with E-state index in [-0.39, 0.29) is 16.1 Å². The van der Waals surface area contributed by atoms with Gasteiger partial charge in [0.15, 0.2) is 0 Å². The Balaban J connectivity index is 1.73. The van der Waals surface area contributed by atoms with Crippen molar-refractivity contribution in [2.24, 2.45) is 0 Å². The molecule has 0 atom stereocenters. The van der Waals surface area contributed by atoms with E-state index in [9.17, 15) is 22.0 Å². The lowest BCUT2D eigenvalue weighted by molar-refractivity contribution is 0.102. The van der Waals surface area contributed by atoms with E-state index in [2.05, 4.69) is 10.0 Å². The SMILES string of the molecule is O=C(Nc1ccc(F)cc1)c1ccc(S(=O)(=O)Nc2cccc(F)c2)cc1. The zero-order valence-corrected chi connectivity index (χ0v) is 14.6. The van der Waals surface area contributed by atoms with E-state index in [1.54, 1.807) is 0 Å². The summed E-state index contributed by atoms with van der Waals surface area (Å²) in [5.41, 5.74) is 0.725. The zero-order valence-electron chi connectivity index (χ0n) is 13.8. The molecule has 3 aromatic rings. The molecular weight excluding hydrogens is 374 g/mol. The van der Waals surface area contributed by atoms with Crippen LogP contribution in [0, 0.1) is 11.6 Å². The van der Waals surface area contributed by atoms with Crippen molar-refractivity contribution >= 4 is 27.3 Å². The largest absolute Gasteiger partial charge is 0.322 e. The Hall–Kier alpha value is -3.26. The van der Waals surface area contributed by atoms with Crippen molar-refractivity contribution < 1.29 is 22.0 Å². The summed E-state index contributed by atoms with van der Waals surface area (Å²) < 4.78 is 53.0. The zero-order chi connectivity index (χ0) is 19.4. The summed E-state index contributed by atoms with van der Waals surface area (Å²) in [4.78, 5) is 12.1. The van der Waals surface area contributed by atoms with E-state index in [0.29, 0.717) is 5.69 Å². The molecule has 0 aliphatic rings. The van der Waals surface area contributed by atoms with Crippen molar-refractivity contribution in [3.05, 3.63) is 90.0 Å². The Bertz CT molecular complexity index is 1070. The molecule has 0 aliphatic carbocycles. The molecule has 0 radical (unpaired) electrons. The van der Waals surface area contributed by atoms with Crippen molar-refractivity contribution in [3.8, 4) is 0 Å². The quantitative estimate of drug-likeness (QED) is 0.693. The molecule has 0 bridgehead atoms. The fourth-order valence-electron chi connectivity index (χ4n) is 2.29. The second-order valence-corrected chi connectivity index (χ2v) is 7.28. The van der Waals surface area contributed by atoms with E-state index in [1.165, 1.54) is 66.7 Å². The van der Waals surface area contributed by atoms with Crippen LogP contribution in [0.3, 0.4) is 0 Å². The van der Waals surface area contributed by atoms with Crippen molar-refractivity contribution in [1.82, 2.24) is 0 Å². The molecule has 0 saturated carbocycles. The van der Waals surface area contributed by atoms with Gasteiger partial charge in [-0.1, -0.05) is 6.07 Å². The van der Waals surface area contributed by atoms with E-state index < -0.39 is 27.6 Å². The maximum absolute atomic E-state index is 13.2. The fourth-order valence-corrected chi connectivity index (χ4v) is 3.34. The molecule has 8 heteroatoms. The summed E-state index contributed by atoms with van der Waals surface area (Å²) in [6.07, 6.45) is 0. The van der Waals surface area contributed by atoms with Gasteiger partial charge >= 0.3 is 0 Å². The molecule has 0 heterocycles. The number of sulfonamides is 1. The number of carbonyl (C=O) groups excluding carboxylic acids is 1. The first-order chi connectivity index (χ1) is 12.8. The van der Waals surface area contributed by atoms with Crippen LogP contribution in [-0.4, -0.2) is 14.3 Å². The highest BCUT2D eigenvalue weighted by atomic mass is 32.2. The number of amides is 1. The summed E-state index contributed by atoms with van der Waals surface area (Å²) in [6.45, 7) is 0. The number of rotatable bonds is 5. The standard InChI is InChI=1S/C19H14F2N2O3S/c20-14-6-8-16(9-7-14)22-19(24)13-4-10-18(11-5-13)27(25,26)23-17-3-1-2-15(21)12-17/h1-12,23H,(H,22,24). The average Bonchev–Trinajstić information content (AvgIpc) is 2.63. The first kappa shape index (κ1) is 18.5. The monoisotopic (exact) mass is 388 g/mol. The molecule has 0 spiro atoms. The van der Waals surface area contributed by atoms with Crippen molar-refractivity contribution in [3.63, 3.8) is 0 Å². The third-order valence-corrected chi connectivity index (χ3v) is 5.00.